The van der Waals surface area contributed by atoms with E-state index < -0.39 is 10.0 Å². The van der Waals surface area contributed by atoms with Crippen molar-refractivity contribution < 1.29 is 17.9 Å². The zero-order valence-electron chi connectivity index (χ0n) is 12.9. The first kappa shape index (κ1) is 16.4. The fourth-order valence-electron chi connectivity index (χ4n) is 2.70. The molecule has 1 saturated heterocycles. The van der Waals surface area contributed by atoms with E-state index in [1.54, 1.807) is 22.3 Å². The van der Waals surface area contributed by atoms with Gasteiger partial charge in [0.2, 0.25) is 0 Å². The number of rotatable bonds is 5. The van der Waals surface area contributed by atoms with Crippen molar-refractivity contribution in [3.63, 3.8) is 0 Å². The molecule has 126 valence electrons. The van der Waals surface area contributed by atoms with Gasteiger partial charge in [0, 0.05) is 25.4 Å². The van der Waals surface area contributed by atoms with Gasteiger partial charge in [-0.25, -0.2) is 13.1 Å². The summed E-state index contributed by atoms with van der Waals surface area (Å²) in [5.74, 6) is 0.358. The second kappa shape index (κ2) is 6.60. The minimum absolute atomic E-state index is 0.190. The largest absolute Gasteiger partial charge is 0.494 e. The number of sulfonamides is 1. The van der Waals surface area contributed by atoms with Crippen LogP contribution >= 0.6 is 11.3 Å². The van der Waals surface area contributed by atoms with E-state index in [9.17, 15) is 8.42 Å². The van der Waals surface area contributed by atoms with Gasteiger partial charge in [-0.15, -0.1) is 11.3 Å². The van der Waals surface area contributed by atoms with E-state index in [0.717, 1.165) is 23.3 Å². The summed E-state index contributed by atoms with van der Waals surface area (Å²) in [5.41, 5.74) is 0.873. The molecular formula is C14H19N3O4S2. The Morgan fingerprint density at radius 3 is 3.04 bits per heavy atom. The van der Waals surface area contributed by atoms with E-state index >= 15 is 0 Å². The number of nitrogens with one attached hydrogen (secondary N) is 1. The van der Waals surface area contributed by atoms with Crippen molar-refractivity contribution in [3.05, 3.63) is 29.4 Å². The molecule has 9 heteroatoms. The van der Waals surface area contributed by atoms with Crippen LogP contribution in [-0.2, 0) is 21.8 Å². The van der Waals surface area contributed by atoms with Crippen LogP contribution in [0.15, 0.2) is 28.0 Å². The summed E-state index contributed by atoms with van der Waals surface area (Å²) in [6.07, 6.45) is 4.75. The second-order valence-corrected chi connectivity index (χ2v) is 8.21. The fourth-order valence-corrected chi connectivity index (χ4v) is 5.26. The highest BCUT2D eigenvalue weighted by atomic mass is 32.2. The van der Waals surface area contributed by atoms with E-state index in [2.05, 4.69) is 9.82 Å². The summed E-state index contributed by atoms with van der Waals surface area (Å²) in [5, 5.41) is 5.84. The van der Waals surface area contributed by atoms with Crippen molar-refractivity contribution in [1.82, 2.24) is 14.5 Å². The lowest BCUT2D eigenvalue weighted by molar-refractivity contribution is -0.00446. The number of methoxy groups -OCH3 is 1. The van der Waals surface area contributed by atoms with Crippen LogP contribution in [-0.4, -0.2) is 38.0 Å². The van der Waals surface area contributed by atoms with E-state index in [0.29, 0.717) is 18.8 Å². The third-order valence-corrected chi connectivity index (χ3v) is 6.68. The van der Waals surface area contributed by atoms with Crippen LogP contribution < -0.4 is 9.46 Å². The number of nitrogens with zero attached hydrogens (tertiary/aromatic N) is 2. The smallest absolute Gasteiger partial charge is 0.254 e. The van der Waals surface area contributed by atoms with Crippen molar-refractivity contribution in [3.8, 4) is 5.75 Å². The summed E-state index contributed by atoms with van der Waals surface area (Å²) >= 11 is 1.14. The highest BCUT2D eigenvalue weighted by Crippen LogP contribution is 2.33. The molecule has 0 bridgehead atoms. The Morgan fingerprint density at radius 1 is 1.52 bits per heavy atom. The van der Waals surface area contributed by atoms with Crippen molar-refractivity contribution in [2.24, 2.45) is 7.05 Å². The summed E-state index contributed by atoms with van der Waals surface area (Å²) < 4.78 is 40.9. The maximum Gasteiger partial charge on any atom is 0.254 e. The van der Waals surface area contributed by atoms with Gasteiger partial charge in [0.1, 0.15) is 11.9 Å². The van der Waals surface area contributed by atoms with Crippen LogP contribution in [0, 0.1) is 0 Å². The van der Waals surface area contributed by atoms with E-state index in [4.69, 9.17) is 9.47 Å². The normalized spacial score (nSPS) is 22.2. The van der Waals surface area contributed by atoms with Gasteiger partial charge in [-0.2, -0.15) is 5.10 Å². The summed E-state index contributed by atoms with van der Waals surface area (Å²) in [6.45, 7) is 0.611. The molecule has 7 nitrogen and oxygen atoms in total. The summed E-state index contributed by atoms with van der Waals surface area (Å²) in [7, 11) is -0.374. The topological polar surface area (TPSA) is 82.5 Å². The average Bonchev–Trinajstić information content (AvgIpc) is 3.16. The molecule has 2 aromatic rings. The van der Waals surface area contributed by atoms with Gasteiger partial charge in [-0.05, 0) is 24.3 Å². The van der Waals surface area contributed by atoms with Crippen LogP contribution in [0.25, 0.3) is 0 Å². The molecule has 0 aromatic carbocycles. The molecule has 2 aromatic heterocycles. The van der Waals surface area contributed by atoms with Crippen molar-refractivity contribution in [2.45, 2.75) is 29.2 Å². The molecule has 2 atom stereocenters. The van der Waals surface area contributed by atoms with Gasteiger partial charge in [0.15, 0.2) is 4.21 Å². The minimum atomic E-state index is -3.66. The Bertz CT molecular complexity index is 769. The highest BCUT2D eigenvalue weighted by Gasteiger charge is 2.33. The van der Waals surface area contributed by atoms with Crippen molar-refractivity contribution in [2.75, 3.05) is 13.7 Å². The van der Waals surface area contributed by atoms with Crippen LogP contribution in [0.5, 0.6) is 5.75 Å². The lowest BCUT2D eigenvalue weighted by Crippen LogP contribution is -2.42. The predicted molar refractivity (Wildman–Crippen MR) is 86.1 cm³/mol. The van der Waals surface area contributed by atoms with Crippen LogP contribution in [0.4, 0.5) is 0 Å². The number of aromatic nitrogens is 2. The molecule has 0 radical (unpaired) electrons. The molecule has 0 spiro atoms. The van der Waals surface area contributed by atoms with E-state index in [-0.39, 0.29) is 16.4 Å². The Kier molecular flexibility index (Phi) is 4.72. The standard InChI is InChI=1S/C14H19N3O4S2/c1-17-9-10(8-15-17)13-11(4-3-6-21-13)16-23(18,19)14-12(20-2)5-7-22-14/h5,7-9,11,13,16H,3-4,6H2,1-2H3/t11-,13+/m0/s1. The Labute approximate surface area is 139 Å². The molecule has 1 aliphatic rings. The minimum Gasteiger partial charge on any atom is -0.494 e. The SMILES string of the molecule is COc1ccsc1S(=O)(=O)N[C@H]1CCCO[C@@H]1c1cnn(C)c1. The molecular weight excluding hydrogens is 338 g/mol. The lowest BCUT2D eigenvalue weighted by Gasteiger charge is -2.31. The fraction of sp³-hybridized carbons (Fsp3) is 0.500. The summed E-state index contributed by atoms with van der Waals surface area (Å²) in [6, 6.07) is 1.32. The van der Waals surface area contributed by atoms with Gasteiger partial charge in [0.25, 0.3) is 10.0 Å². The van der Waals surface area contributed by atoms with Gasteiger partial charge in [-0.3, -0.25) is 4.68 Å². The number of hydrogen-bond acceptors (Lipinski definition) is 6. The third-order valence-electron chi connectivity index (χ3n) is 3.74. The molecule has 3 rings (SSSR count). The molecule has 3 heterocycles. The van der Waals surface area contributed by atoms with Gasteiger partial charge in [0.05, 0.1) is 19.3 Å². The lowest BCUT2D eigenvalue weighted by atomic mass is 9.99. The number of thiophene rings is 1. The first-order chi connectivity index (χ1) is 11.0. The van der Waals surface area contributed by atoms with E-state index in [1.165, 1.54) is 7.11 Å². The molecule has 23 heavy (non-hydrogen) atoms. The van der Waals surface area contributed by atoms with Crippen LogP contribution in [0.1, 0.15) is 24.5 Å². The molecule has 0 unspecified atom stereocenters. The van der Waals surface area contributed by atoms with Crippen molar-refractivity contribution in [1.29, 1.82) is 0 Å². The molecule has 1 fully saturated rings. The van der Waals surface area contributed by atoms with E-state index in [1.807, 2.05) is 13.2 Å². The van der Waals surface area contributed by atoms with Gasteiger partial charge in [-0.1, -0.05) is 0 Å². The van der Waals surface area contributed by atoms with Gasteiger partial charge < -0.3 is 9.47 Å². The average molecular weight is 357 g/mol. The number of ether oxygens (including phenoxy) is 2. The molecule has 0 aliphatic carbocycles. The Balaban J connectivity index is 1.84. The Morgan fingerprint density at radius 2 is 2.35 bits per heavy atom. The number of hydrogen-bond donors (Lipinski definition) is 1. The first-order valence-corrected chi connectivity index (χ1v) is 9.61. The predicted octanol–water partition coefficient (Wildman–Crippen LogP) is 1.69. The van der Waals surface area contributed by atoms with Crippen LogP contribution in [0.2, 0.25) is 0 Å². The second-order valence-electron chi connectivity index (χ2n) is 5.39. The highest BCUT2D eigenvalue weighted by molar-refractivity contribution is 7.91. The first-order valence-electron chi connectivity index (χ1n) is 7.25. The summed E-state index contributed by atoms with van der Waals surface area (Å²) in [4.78, 5) is 0. The zero-order chi connectivity index (χ0) is 16.4. The molecule has 1 N–H and O–H groups in total. The monoisotopic (exact) mass is 357 g/mol. The van der Waals surface area contributed by atoms with Crippen LogP contribution in [0.3, 0.4) is 0 Å². The maximum absolute atomic E-state index is 12.7. The quantitative estimate of drug-likeness (QED) is 0.880. The third kappa shape index (κ3) is 3.42. The van der Waals surface area contributed by atoms with Gasteiger partial charge >= 0.3 is 0 Å². The maximum atomic E-state index is 12.7. The number of aryl methyl sites for hydroxylation is 1. The Hall–Kier alpha value is -1.42. The molecule has 0 amide bonds. The van der Waals surface area contributed by atoms with Crippen molar-refractivity contribution >= 4 is 21.4 Å². The molecule has 0 saturated carbocycles. The zero-order valence-corrected chi connectivity index (χ0v) is 14.6. The molecule has 1 aliphatic heterocycles.